The second kappa shape index (κ2) is 5.87. The molecule has 0 saturated carbocycles. The Balaban J connectivity index is 2.81. The van der Waals surface area contributed by atoms with Crippen LogP contribution in [0.15, 0.2) is 18.2 Å². The molecule has 1 atom stereocenters. The molecule has 16 heavy (non-hydrogen) atoms. The molecule has 0 bridgehead atoms. The van der Waals surface area contributed by atoms with Crippen molar-refractivity contribution < 1.29 is 10.2 Å². The van der Waals surface area contributed by atoms with Crippen molar-refractivity contribution in [3.63, 3.8) is 0 Å². The number of rotatable bonds is 5. The summed E-state index contributed by atoms with van der Waals surface area (Å²) in [4.78, 5) is 2.13. The van der Waals surface area contributed by atoms with E-state index in [0.717, 1.165) is 18.5 Å². The van der Waals surface area contributed by atoms with Crippen LogP contribution in [0.25, 0.3) is 0 Å². The van der Waals surface area contributed by atoms with E-state index < -0.39 is 0 Å². The highest BCUT2D eigenvalue weighted by Crippen LogP contribution is 2.26. The van der Waals surface area contributed by atoms with Crippen molar-refractivity contribution in [2.45, 2.75) is 19.3 Å². The Kier molecular flexibility index (Phi) is 4.77. The number of likely N-dealkylation sites (N-methyl/N-ethyl adjacent to an activating group) is 1. The Morgan fingerprint density at radius 3 is 2.56 bits per heavy atom. The first kappa shape index (κ1) is 13.0. The van der Waals surface area contributed by atoms with Crippen molar-refractivity contribution in [2.24, 2.45) is 0 Å². The van der Waals surface area contributed by atoms with E-state index in [1.54, 1.807) is 6.07 Å². The van der Waals surface area contributed by atoms with E-state index in [-0.39, 0.29) is 18.3 Å². The molecule has 0 aliphatic heterocycles. The van der Waals surface area contributed by atoms with Crippen molar-refractivity contribution in [2.75, 3.05) is 27.2 Å². The molecule has 0 fully saturated rings. The van der Waals surface area contributed by atoms with Crippen LogP contribution in [0.5, 0.6) is 5.75 Å². The second-order valence-corrected chi connectivity index (χ2v) is 4.53. The quantitative estimate of drug-likeness (QED) is 0.796. The summed E-state index contributed by atoms with van der Waals surface area (Å²) < 4.78 is 0. The lowest BCUT2D eigenvalue weighted by Gasteiger charge is -2.14. The van der Waals surface area contributed by atoms with E-state index in [0.29, 0.717) is 0 Å². The van der Waals surface area contributed by atoms with E-state index in [2.05, 4.69) is 4.90 Å². The summed E-state index contributed by atoms with van der Waals surface area (Å²) >= 11 is 0. The van der Waals surface area contributed by atoms with Crippen LogP contribution in [0.1, 0.15) is 24.0 Å². The number of phenols is 1. The van der Waals surface area contributed by atoms with Crippen molar-refractivity contribution in [3.05, 3.63) is 29.3 Å². The van der Waals surface area contributed by atoms with Crippen molar-refractivity contribution in [1.29, 1.82) is 0 Å². The Hall–Kier alpha value is -1.06. The zero-order valence-corrected chi connectivity index (χ0v) is 10.3. The normalized spacial score (nSPS) is 13.1. The highest BCUT2D eigenvalue weighted by atomic mass is 16.3. The van der Waals surface area contributed by atoms with Crippen molar-refractivity contribution in [3.8, 4) is 5.75 Å². The van der Waals surface area contributed by atoms with Crippen LogP contribution in [-0.2, 0) is 6.42 Å². The third kappa shape index (κ3) is 3.51. The molecule has 3 nitrogen and oxygen atoms in total. The van der Waals surface area contributed by atoms with Crippen LogP contribution in [0, 0.1) is 0 Å². The molecule has 0 radical (unpaired) electrons. The molecule has 0 amide bonds. The Bertz CT molecular complexity index is 337. The third-order valence-electron chi connectivity index (χ3n) is 2.74. The largest absolute Gasteiger partial charge is 0.508 e. The predicted octanol–water partition coefficient (Wildman–Crippen LogP) is 1.59. The SMILES string of the molecule is CC(CO)c1cc(CCN(C)C)ccc1O. The van der Waals surface area contributed by atoms with Gasteiger partial charge in [0.05, 0.1) is 0 Å². The molecular formula is C13H21NO2. The third-order valence-corrected chi connectivity index (χ3v) is 2.74. The maximum Gasteiger partial charge on any atom is 0.119 e. The minimum atomic E-state index is -0.0145. The fourth-order valence-electron chi connectivity index (χ4n) is 1.61. The Morgan fingerprint density at radius 1 is 1.31 bits per heavy atom. The molecule has 1 aromatic carbocycles. The molecule has 1 unspecified atom stereocenters. The number of hydrogen-bond acceptors (Lipinski definition) is 3. The average Bonchev–Trinajstić information content (AvgIpc) is 2.27. The lowest BCUT2D eigenvalue weighted by molar-refractivity contribution is 0.270. The van der Waals surface area contributed by atoms with Crippen LogP contribution >= 0.6 is 0 Å². The number of hydrogen-bond donors (Lipinski definition) is 2. The van der Waals surface area contributed by atoms with E-state index >= 15 is 0 Å². The summed E-state index contributed by atoms with van der Waals surface area (Å²) in [7, 11) is 4.08. The summed E-state index contributed by atoms with van der Waals surface area (Å²) in [5, 5.41) is 18.8. The lowest BCUT2D eigenvalue weighted by atomic mass is 9.97. The summed E-state index contributed by atoms with van der Waals surface area (Å²) in [6.45, 7) is 2.95. The zero-order chi connectivity index (χ0) is 12.1. The lowest BCUT2D eigenvalue weighted by Crippen LogP contribution is -2.15. The summed E-state index contributed by atoms with van der Waals surface area (Å²) in [5.74, 6) is 0.259. The molecule has 0 spiro atoms. The zero-order valence-electron chi connectivity index (χ0n) is 10.3. The minimum absolute atomic E-state index is 0.0145. The van der Waals surface area contributed by atoms with Gasteiger partial charge in [0.2, 0.25) is 0 Å². The van der Waals surface area contributed by atoms with Gasteiger partial charge in [0, 0.05) is 19.1 Å². The van der Waals surface area contributed by atoms with Crippen molar-refractivity contribution >= 4 is 0 Å². The van der Waals surface area contributed by atoms with E-state index in [4.69, 9.17) is 5.11 Å². The van der Waals surface area contributed by atoms with E-state index in [1.807, 2.05) is 33.2 Å². The molecular weight excluding hydrogens is 202 g/mol. The van der Waals surface area contributed by atoms with Crippen LogP contribution in [0.2, 0.25) is 0 Å². The Morgan fingerprint density at radius 2 is 2.00 bits per heavy atom. The molecule has 0 aromatic heterocycles. The summed E-state index contributed by atoms with van der Waals surface area (Å²) in [6, 6.07) is 5.64. The number of phenolic OH excluding ortho intramolecular Hbond substituents is 1. The monoisotopic (exact) mass is 223 g/mol. The highest BCUT2D eigenvalue weighted by molar-refractivity contribution is 5.38. The number of benzene rings is 1. The molecule has 0 aliphatic carbocycles. The average molecular weight is 223 g/mol. The van der Waals surface area contributed by atoms with Crippen molar-refractivity contribution in [1.82, 2.24) is 4.90 Å². The van der Waals surface area contributed by atoms with Gasteiger partial charge in [0.25, 0.3) is 0 Å². The van der Waals surface area contributed by atoms with Gasteiger partial charge >= 0.3 is 0 Å². The second-order valence-electron chi connectivity index (χ2n) is 4.53. The smallest absolute Gasteiger partial charge is 0.119 e. The van der Waals surface area contributed by atoms with Crippen LogP contribution in [0.4, 0.5) is 0 Å². The van der Waals surface area contributed by atoms with Crippen LogP contribution in [-0.4, -0.2) is 42.4 Å². The molecule has 3 heteroatoms. The maximum atomic E-state index is 9.69. The fraction of sp³-hybridized carbons (Fsp3) is 0.538. The summed E-state index contributed by atoms with van der Waals surface area (Å²) in [5.41, 5.74) is 2.03. The molecule has 90 valence electrons. The molecule has 0 heterocycles. The van der Waals surface area contributed by atoms with Gasteiger partial charge in [0.1, 0.15) is 5.75 Å². The number of aromatic hydroxyl groups is 1. The number of aliphatic hydroxyl groups excluding tert-OH is 1. The van der Waals surface area contributed by atoms with Gasteiger partial charge < -0.3 is 15.1 Å². The first-order chi connectivity index (χ1) is 7.54. The van der Waals surface area contributed by atoms with E-state index in [9.17, 15) is 5.11 Å². The molecule has 1 rings (SSSR count). The van der Waals surface area contributed by atoms with E-state index in [1.165, 1.54) is 5.56 Å². The van der Waals surface area contributed by atoms with Gasteiger partial charge in [-0.05, 0) is 37.7 Å². The van der Waals surface area contributed by atoms with Crippen LogP contribution in [0.3, 0.4) is 0 Å². The fourth-order valence-corrected chi connectivity index (χ4v) is 1.61. The van der Waals surface area contributed by atoms with Gasteiger partial charge in [-0.2, -0.15) is 0 Å². The molecule has 2 N–H and O–H groups in total. The maximum absolute atomic E-state index is 9.69. The number of aliphatic hydroxyl groups is 1. The number of nitrogens with zero attached hydrogens (tertiary/aromatic N) is 1. The molecule has 0 saturated heterocycles. The topological polar surface area (TPSA) is 43.7 Å². The van der Waals surface area contributed by atoms with Gasteiger partial charge in [0.15, 0.2) is 0 Å². The first-order valence-corrected chi connectivity index (χ1v) is 5.62. The first-order valence-electron chi connectivity index (χ1n) is 5.62. The van der Waals surface area contributed by atoms with Crippen LogP contribution < -0.4 is 0 Å². The standard InChI is InChI=1S/C13H21NO2/c1-10(9-15)12-8-11(4-5-13(12)16)6-7-14(2)3/h4-5,8,10,15-16H,6-7,9H2,1-3H3. The summed E-state index contributed by atoms with van der Waals surface area (Å²) in [6.07, 6.45) is 0.957. The van der Waals surface area contributed by atoms with Gasteiger partial charge in [-0.3, -0.25) is 0 Å². The van der Waals surface area contributed by atoms with Gasteiger partial charge in [-0.15, -0.1) is 0 Å². The highest BCUT2D eigenvalue weighted by Gasteiger charge is 2.10. The van der Waals surface area contributed by atoms with Gasteiger partial charge in [-0.1, -0.05) is 19.1 Å². The Labute approximate surface area is 97.3 Å². The van der Waals surface area contributed by atoms with Gasteiger partial charge in [-0.25, -0.2) is 0 Å². The molecule has 0 aliphatic rings. The molecule has 1 aromatic rings. The predicted molar refractivity (Wildman–Crippen MR) is 65.9 cm³/mol. The minimum Gasteiger partial charge on any atom is -0.508 e.